The van der Waals surface area contributed by atoms with Crippen molar-refractivity contribution in [1.29, 1.82) is 0 Å². The average molecular weight is 414 g/mol. The van der Waals surface area contributed by atoms with Crippen LogP contribution in [0, 0.1) is 3.57 Å². The number of ether oxygens (including phenoxy) is 1. The van der Waals surface area contributed by atoms with Crippen molar-refractivity contribution in [2.24, 2.45) is 0 Å². The van der Waals surface area contributed by atoms with Crippen molar-refractivity contribution >= 4 is 45.8 Å². The molecular weight excluding hydrogens is 401 g/mol. The van der Waals surface area contributed by atoms with Gasteiger partial charge in [0.15, 0.2) is 0 Å². The van der Waals surface area contributed by atoms with Crippen LogP contribution in [0.4, 0.5) is 5.69 Å². The highest BCUT2D eigenvalue weighted by Crippen LogP contribution is 2.34. The van der Waals surface area contributed by atoms with E-state index in [-0.39, 0.29) is 11.8 Å². The zero-order valence-corrected chi connectivity index (χ0v) is 14.0. The first-order valence-electron chi connectivity index (χ1n) is 6.63. The zero-order valence-electron chi connectivity index (χ0n) is 11.1. The SMILES string of the molecule is O=C(Nc1ccc(Cl)cc1I)C1CCOc2ccccc21. The third kappa shape index (κ3) is 3.16. The predicted octanol–water partition coefficient (Wildman–Crippen LogP) is 4.45. The van der Waals surface area contributed by atoms with Crippen molar-refractivity contribution in [3.8, 4) is 5.75 Å². The van der Waals surface area contributed by atoms with E-state index in [2.05, 4.69) is 27.9 Å². The molecule has 0 aliphatic carbocycles. The van der Waals surface area contributed by atoms with Crippen LogP contribution in [0.1, 0.15) is 17.9 Å². The van der Waals surface area contributed by atoms with Crippen molar-refractivity contribution in [3.63, 3.8) is 0 Å². The van der Waals surface area contributed by atoms with E-state index in [1.807, 2.05) is 36.4 Å². The Morgan fingerprint density at radius 3 is 2.90 bits per heavy atom. The number of benzene rings is 2. The van der Waals surface area contributed by atoms with Gasteiger partial charge in [0.1, 0.15) is 5.75 Å². The monoisotopic (exact) mass is 413 g/mol. The number of anilines is 1. The van der Waals surface area contributed by atoms with Crippen molar-refractivity contribution in [2.45, 2.75) is 12.3 Å². The molecule has 1 aliphatic heterocycles. The van der Waals surface area contributed by atoms with Crippen molar-refractivity contribution in [1.82, 2.24) is 0 Å². The molecule has 1 aliphatic rings. The second-order valence-corrected chi connectivity index (χ2v) is 6.44. The quantitative estimate of drug-likeness (QED) is 0.739. The summed E-state index contributed by atoms with van der Waals surface area (Å²) in [5.41, 5.74) is 1.74. The first kappa shape index (κ1) is 14.7. The summed E-state index contributed by atoms with van der Waals surface area (Å²) in [6.45, 7) is 0.562. The lowest BCUT2D eigenvalue weighted by Gasteiger charge is -2.25. The summed E-state index contributed by atoms with van der Waals surface area (Å²) in [6, 6.07) is 13.1. The van der Waals surface area contributed by atoms with Crippen molar-refractivity contribution in [3.05, 3.63) is 56.6 Å². The number of hydrogen-bond donors (Lipinski definition) is 1. The number of amides is 1. The highest BCUT2D eigenvalue weighted by Gasteiger charge is 2.27. The van der Waals surface area contributed by atoms with E-state index >= 15 is 0 Å². The number of para-hydroxylation sites is 1. The van der Waals surface area contributed by atoms with Crippen LogP contribution in [0.3, 0.4) is 0 Å². The molecule has 2 aromatic carbocycles. The van der Waals surface area contributed by atoms with Crippen molar-refractivity contribution in [2.75, 3.05) is 11.9 Å². The highest BCUT2D eigenvalue weighted by atomic mass is 127. The fourth-order valence-electron chi connectivity index (χ4n) is 2.43. The molecule has 0 bridgehead atoms. The minimum atomic E-state index is -0.179. The first-order valence-corrected chi connectivity index (χ1v) is 8.08. The van der Waals surface area contributed by atoms with Crippen LogP contribution < -0.4 is 10.1 Å². The first-order chi connectivity index (χ1) is 10.1. The lowest BCUT2D eigenvalue weighted by molar-refractivity contribution is -0.118. The number of halogens is 2. The molecule has 108 valence electrons. The fraction of sp³-hybridized carbons (Fsp3) is 0.188. The lowest BCUT2D eigenvalue weighted by Crippen LogP contribution is -2.26. The number of nitrogens with one attached hydrogen (secondary N) is 1. The number of carbonyl (C=O) groups is 1. The second kappa shape index (κ2) is 6.23. The maximum absolute atomic E-state index is 12.6. The Morgan fingerprint density at radius 1 is 1.29 bits per heavy atom. The molecule has 0 saturated heterocycles. The topological polar surface area (TPSA) is 38.3 Å². The molecular formula is C16H13ClINO2. The molecule has 1 amide bonds. The number of rotatable bonds is 2. The largest absolute Gasteiger partial charge is 0.493 e. The average Bonchev–Trinajstić information content (AvgIpc) is 2.49. The van der Waals surface area contributed by atoms with E-state index in [9.17, 15) is 4.79 Å². The van der Waals surface area contributed by atoms with Gasteiger partial charge in [-0.2, -0.15) is 0 Å². The van der Waals surface area contributed by atoms with Crippen LogP contribution >= 0.6 is 34.2 Å². The third-order valence-corrected chi connectivity index (χ3v) is 4.59. The molecule has 2 aromatic rings. The molecule has 1 heterocycles. The molecule has 1 unspecified atom stereocenters. The second-order valence-electron chi connectivity index (χ2n) is 4.84. The Morgan fingerprint density at radius 2 is 2.10 bits per heavy atom. The molecule has 1 N–H and O–H groups in total. The molecule has 5 heteroatoms. The Hall–Kier alpha value is -1.27. The summed E-state index contributed by atoms with van der Waals surface area (Å²) in [6.07, 6.45) is 0.688. The van der Waals surface area contributed by atoms with Gasteiger partial charge in [-0.05, 0) is 53.3 Å². The third-order valence-electron chi connectivity index (χ3n) is 3.46. The molecule has 0 aromatic heterocycles. The Balaban J connectivity index is 1.83. The van der Waals surface area contributed by atoms with E-state index in [4.69, 9.17) is 16.3 Å². The molecule has 3 rings (SSSR count). The number of hydrogen-bond acceptors (Lipinski definition) is 2. The van der Waals surface area contributed by atoms with Gasteiger partial charge in [0.05, 0.1) is 18.2 Å². The molecule has 1 atom stereocenters. The maximum Gasteiger partial charge on any atom is 0.232 e. The minimum absolute atomic E-state index is 0.00834. The van der Waals surface area contributed by atoms with E-state index in [1.54, 1.807) is 6.07 Å². The van der Waals surface area contributed by atoms with Crippen LogP contribution in [0.2, 0.25) is 5.02 Å². The summed E-state index contributed by atoms with van der Waals surface area (Å²) in [4.78, 5) is 12.6. The van der Waals surface area contributed by atoms with Gasteiger partial charge >= 0.3 is 0 Å². The fourth-order valence-corrected chi connectivity index (χ4v) is 3.43. The molecule has 21 heavy (non-hydrogen) atoms. The maximum atomic E-state index is 12.6. The van der Waals surface area contributed by atoms with Gasteiger partial charge in [0.25, 0.3) is 0 Å². The highest BCUT2D eigenvalue weighted by molar-refractivity contribution is 14.1. The Bertz CT molecular complexity index is 690. The van der Waals surface area contributed by atoms with Crippen LogP contribution in [-0.4, -0.2) is 12.5 Å². The standard InChI is InChI=1S/C16H13ClINO2/c17-10-5-6-14(13(18)9-10)19-16(20)12-7-8-21-15-4-2-1-3-11(12)15/h1-6,9,12H,7-8H2,(H,19,20). The predicted molar refractivity (Wildman–Crippen MR) is 92.1 cm³/mol. The van der Waals surface area contributed by atoms with Crippen LogP contribution in [0.25, 0.3) is 0 Å². The van der Waals surface area contributed by atoms with Gasteiger partial charge in [0.2, 0.25) is 5.91 Å². The van der Waals surface area contributed by atoms with Crippen molar-refractivity contribution < 1.29 is 9.53 Å². The molecule has 3 nitrogen and oxygen atoms in total. The van der Waals surface area contributed by atoms with Gasteiger partial charge in [-0.1, -0.05) is 29.8 Å². The van der Waals surface area contributed by atoms with Gasteiger partial charge < -0.3 is 10.1 Å². The van der Waals surface area contributed by atoms with Gasteiger partial charge in [0, 0.05) is 14.2 Å². The summed E-state index contributed by atoms with van der Waals surface area (Å²) >= 11 is 8.10. The van der Waals surface area contributed by atoms with Gasteiger partial charge in [-0.25, -0.2) is 0 Å². The van der Waals surface area contributed by atoms with E-state index in [0.29, 0.717) is 18.1 Å². The Kier molecular flexibility index (Phi) is 4.35. The van der Waals surface area contributed by atoms with Gasteiger partial charge in [-0.15, -0.1) is 0 Å². The van der Waals surface area contributed by atoms with E-state index < -0.39 is 0 Å². The minimum Gasteiger partial charge on any atom is -0.493 e. The zero-order chi connectivity index (χ0) is 14.8. The van der Waals surface area contributed by atoms with Gasteiger partial charge in [-0.3, -0.25) is 4.79 Å². The van der Waals surface area contributed by atoms with E-state index in [1.165, 1.54) is 0 Å². The summed E-state index contributed by atoms with van der Waals surface area (Å²) in [5, 5.41) is 3.65. The Labute approximate surface area is 141 Å². The van der Waals surface area contributed by atoms with E-state index in [0.717, 1.165) is 20.6 Å². The molecule has 0 fully saturated rings. The van der Waals surface area contributed by atoms with Crippen LogP contribution in [-0.2, 0) is 4.79 Å². The van der Waals surface area contributed by atoms with Crippen LogP contribution in [0.15, 0.2) is 42.5 Å². The molecule has 0 radical (unpaired) electrons. The summed E-state index contributed by atoms with van der Waals surface area (Å²) in [5.74, 6) is 0.613. The molecule has 0 saturated carbocycles. The number of carbonyl (C=O) groups excluding carboxylic acids is 1. The smallest absolute Gasteiger partial charge is 0.232 e. The number of fused-ring (bicyclic) bond motifs is 1. The normalized spacial score (nSPS) is 16.8. The summed E-state index contributed by atoms with van der Waals surface area (Å²) < 4.78 is 6.52. The lowest BCUT2D eigenvalue weighted by atomic mass is 9.92. The molecule has 0 spiro atoms. The van der Waals surface area contributed by atoms with Crippen LogP contribution in [0.5, 0.6) is 5.75 Å². The summed E-state index contributed by atoms with van der Waals surface area (Å²) in [7, 11) is 0.